The van der Waals surface area contributed by atoms with Crippen molar-refractivity contribution in [3.8, 4) is 11.1 Å². The van der Waals surface area contributed by atoms with E-state index in [1.54, 1.807) is 0 Å². The van der Waals surface area contributed by atoms with E-state index in [9.17, 15) is 0 Å². The first-order valence-corrected chi connectivity index (χ1v) is 19.2. The molecular formula is C51H36N2O2. The number of furan rings is 2. The Hall–Kier alpha value is -6.78. The maximum Gasteiger partial charge on any atom is 0.160 e. The van der Waals surface area contributed by atoms with Crippen LogP contribution < -0.4 is 0 Å². The highest BCUT2D eigenvalue weighted by Gasteiger charge is 2.27. The van der Waals surface area contributed by atoms with E-state index in [0.29, 0.717) is 5.84 Å². The molecule has 0 fully saturated rings. The van der Waals surface area contributed by atoms with Gasteiger partial charge in [0, 0.05) is 38.8 Å². The molecule has 0 radical (unpaired) electrons. The lowest BCUT2D eigenvalue weighted by Crippen LogP contribution is -2.15. The number of nitrogens with zero attached hydrogens (tertiary/aromatic N) is 2. The van der Waals surface area contributed by atoms with Gasteiger partial charge in [0.2, 0.25) is 0 Å². The lowest BCUT2D eigenvalue weighted by Gasteiger charge is -2.17. The molecule has 1 aliphatic carbocycles. The van der Waals surface area contributed by atoms with Gasteiger partial charge in [0.15, 0.2) is 5.84 Å². The van der Waals surface area contributed by atoms with Crippen molar-refractivity contribution in [3.63, 3.8) is 0 Å². The van der Waals surface area contributed by atoms with Gasteiger partial charge in [-0.1, -0.05) is 110 Å². The molecule has 262 valence electrons. The second-order valence-corrected chi connectivity index (χ2v) is 14.7. The van der Waals surface area contributed by atoms with Gasteiger partial charge in [0.05, 0.1) is 11.4 Å². The van der Waals surface area contributed by atoms with Crippen LogP contribution in [0.2, 0.25) is 0 Å². The van der Waals surface area contributed by atoms with E-state index >= 15 is 0 Å². The SMILES string of the molecule is CCC1C=C(c2c(-c3ccc4oc5ccccc5c4c3)ccc3oc4c(c23)CCC=C4)N=C(c2ccc3ccccc3c2)N=C1c1ccc2ccccc2c1. The Morgan fingerprint density at radius 3 is 2.11 bits per heavy atom. The van der Waals surface area contributed by atoms with Crippen LogP contribution in [0.5, 0.6) is 0 Å². The predicted molar refractivity (Wildman–Crippen MR) is 229 cm³/mol. The average Bonchev–Trinajstić information content (AvgIpc) is 3.74. The fourth-order valence-electron chi connectivity index (χ4n) is 8.65. The molecule has 0 spiro atoms. The highest BCUT2D eigenvalue weighted by Crippen LogP contribution is 2.44. The first-order chi connectivity index (χ1) is 27.2. The number of allylic oxidation sites excluding steroid dienone is 2. The van der Waals surface area contributed by atoms with Crippen molar-refractivity contribution in [2.75, 3.05) is 0 Å². The number of amidine groups is 1. The molecule has 11 rings (SSSR count). The molecule has 0 bridgehead atoms. The lowest BCUT2D eigenvalue weighted by molar-refractivity contribution is 0.595. The summed E-state index contributed by atoms with van der Waals surface area (Å²) in [5.41, 5.74) is 11.2. The fourth-order valence-corrected chi connectivity index (χ4v) is 8.65. The Kier molecular flexibility index (Phi) is 7.31. The summed E-state index contributed by atoms with van der Waals surface area (Å²) in [5.74, 6) is 1.64. The summed E-state index contributed by atoms with van der Waals surface area (Å²) in [6.07, 6.45) is 9.44. The summed E-state index contributed by atoms with van der Waals surface area (Å²) in [4.78, 5) is 11.2. The van der Waals surface area contributed by atoms with Crippen LogP contribution in [0, 0.1) is 5.92 Å². The van der Waals surface area contributed by atoms with Crippen molar-refractivity contribution in [3.05, 3.63) is 180 Å². The summed E-state index contributed by atoms with van der Waals surface area (Å²) in [5, 5.41) is 8.09. The quantitative estimate of drug-likeness (QED) is 0.179. The Balaban J connectivity index is 1.20. The first-order valence-electron chi connectivity index (χ1n) is 19.2. The smallest absolute Gasteiger partial charge is 0.160 e. The minimum atomic E-state index is 0.00361. The van der Waals surface area contributed by atoms with Crippen LogP contribution >= 0.6 is 0 Å². The zero-order valence-electron chi connectivity index (χ0n) is 30.4. The minimum Gasteiger partial charge on any atom is -0.456 e. The Bertz CT molecular complexity index is 3150. The monoisotopic (exact) mass is 708 g/mol. The second kappa shape index (κ2) is 12.7. The average molecular weight is 709 g/mol. The predicted octanol–water partition coefficient (Wildman–Crippen LogP) is 13.6. The van der Waals surface area contributed by atoms with Crippen molar-refractivity contribution < 1.29 is 8.83 Å². The maximum absolute atomic E-state index is 6.60. The third-order valence-electron chi connectivity index (χ3n) is 11.4. The zero-order chi connectivity index (χ0) is 36.5. The highest BCUT2D eigenvalue weighted by atomic mass is 16.3. The van der Waals surface area contributed by atoms with Crippen molar-refractivity contribution in [1.29, 1.82) is 0 Å². The largest absolute Gasteiger partial charge is 0.456 e. The molecule has 2 aliphatic rings. The number of aryl methyl sites for hydroxylation is 1. The second-order valence-electron chi connectivity index (χ2n) is 14.7. The van der Waals surface area contributed by atoms with Crippen LogP contribution in [0.25, 0.3) is 77.4 Å². The normalized spacial score (nSPS) is 15.7. The standard InChI is InChI=1S/C51H36N2O2/c1-2-31-30-43(52-51(38-22-20-33-12-4-6-14-35(33)28-38)53-50(31)37-21-19-32-11-3-5-13-34(32)27-37)48-39(24-26-47-49(48)41-16-8-10-18-45(41)55-47)36-23-25-46-42(29-36)40-15-7-9-17-44(40)54-46/h3-7,9-15,17-31H,2,8,16H2,1H3. The van der Waals surface area contributed by atoms with Crippen LogP contribution in [0.1, 0.15) is 47.8 Å². The molecule has 9 aromatic rings. The van der Waals surface area contributed by atoms with Gasteiger partial charge in [-0.3, -0.25) is 0 Å². The number of benzene rings is 7. The first kappa shape index (κ1) is 31.7. The van der Waals surface area contributed by atoms with Crippen molar-refractivity contribution >= 4 is 77.8 Å². The fraction of sp³-hybridized carbons (Fsp3) is 0.0980. The van der Waals surface area contributed by atoms with Crippen LogP contribution in [0.3, 0.4) is 0 Å². The molecule has 7 aromatic carbocycles. The molecule has 1 aliphatic heterocycles. The Labute approximate surface area is 318 Å². The van der Waals surface area contributed by atoms with Crippen molar-refractivity contribution in [2.24, 2.45) is 15.9 Å². The van der Waals surface area contributed by atoms with E-state index in [1.807, 2.05) is 12.1 Å². The number of para-hydroxylation sites is 1. The molecular weight excluding hydrogens is 673 g/mol. The van der Waals surface area contributed by atoms with Gasteiger partial charge in [0.25, 0.3) is 0 Å². The van der Waals surface area contributed by atoms with Gasteiger partial charge in [-0.15, -0.1) is 0 Å². The van der Waals surface area contributed by atoms with Gasteiger partial charge in [-0.25, -0.2) is 9.98 Å². The van der Waals surface area contributed by atoms with Crippen LogP contribution in [0.15, 0.2) is 170 Å². The summed E-state index contributed by atoms with van der Waals surface area (Å²) in [7, 11) is 0. The van der Waals surface area contributed by atoms with Crippen molar-refractivity contribution in [1.82, 2.24) is 0 Å². The summed E-state index contributed by atoms with van der Waals surface area (Å²) in [6.45, 7) is 2.25. The van der Waals surface area contributed by atoms with E-state index in [4.69, 9.17) is 18.8 Å². The summed E-state index contributed by atoms with van der Waals surface area (Å²) in [6, 6.07) is 49.5. The summed E-state index contributed by atoms with van der Waals surface area (Å²) >= 11 is 0. The molecule has 4 heteroatoms. The molecule has 2 aromatic heterocycles. The van der Waals surface area contributed by atoms with E-state index in [-0.39, 0.29) is 5.92 Å². The van der Waals surface area contributed by atoms with Crippen LogP contribution in [0.4, 0.5) is 0 Å². The van der Waals surface area contributed by atoms with Gasteiger partial charge < -0.3 is 8.83 Å². The maximum atomic E-state index is 6.60. The van der Waals surface area contributed by atoms with Gasteiger partial charge in [-0.05, 0) is 112 Å². The molecule has 1 atom stereocenters. The van der Waals surface area contributed by atoms with E-state index in [0.717, 1.165) is 103 Å². The number of rotatable bonds is 5. The Morgan fingerprint density at radius 1 is 0.600 bits per heavy atom. The minimum absolute atomic E-state index is 0.00361. The number of hydrogen-bond donors (Lipinski definition) is 0. The highest BCUT2D eigenvalue weighted by molar-refractivity contribution is 6.19. The van der Waals surface area contributed by atoms with Crippen LogP contribution in [-0.2, 0) is 6.42 Å². The molecule has 1 unspecified atom stereocenters. The molecule has 0 saturated carbocycles. The van der Waals surface area contributed by atoms with E-state index < -0.39 is 0 Å². The third-order valence-corrected chi connectivity index (χ3v) is 11.4. The van der Waals surface area contributed by atoms with E-state index in [1.165, 1.54) is 21.7 Å². The number of aliphatic imine (C=N–C) groups is 2. The molecule has 0 saturated heterocycles. The van der Waals surface area contributed by atoms with Crippen molar-refractivity contribution in [2.45, 2.75) is 26.2 Å². The van der Waals surface area contributed by atoms with Gasteiger partial charge >= 0.3 is 0 Å². The molecule has 0 N–H and O–H groups in total. The number of hydrogen-bond acceptors (Lipinski definition) is 4. The Morgan fingerprint density at radius 2 is 1.29 bits per heavy atom. The molecule has 55 heavy (non-hydrogen) atoms. The van der Waals surface area contributed by atoms with Crippen LogP contribution in [-0.4, -0.2) is 11.5 Å². The third kappa shape index (κ3) is 5.28. The molecule has 4 nitrogen and oxygen atoms in total. The summed E-state index contributed by atoms with van der Waals surface area (Å²) < 4.78 is 12.9. The number of fused-ring (bicyclic) bond motifs is 8. The zero-order valence-corrected chi connectivity index (χ0v) is 30.4. The lowest BCUT2D eigenvalue weighted by atomic mass is 9.87. The van der Waals surface area contributed by atoms with Gasteiger partial charge in [-0.2, -0.15) is 0 Å². The molecule has 0 amide bonds. The van der Waals surface area contributed by atoms with E-state index in [2.05, 4.69) is 153 Å². The molecule has 3 heterocycles. The topological polar surface area (TPSA) is 51.0 Å². The van der Waals surface area contributed by atoms with Gasteiger partial charge in [0.1, 0.15) is 22.5 Å².